The molecule has 0 aliphatic heterocycles. The van der Waals surface area contributed by atoms with Crippen LogP contribution >= 0.6 is 0 Å². The van der Waals surface area contributed by atoms with Gasteiger partial charge in [-0.1, -0.05) is 18.2 Å². The molecule has 0 aliphatic carbocycles. The number of pyridine rings is 1. The molecule has 0 amide bonds. The van der Waals surface area contributed by atoms with Crippen molar-refractivity contribution in [3.8, 4) is 34.9 Å². The monoisotopic (exact) mass is 294 g/mol. The summed E-state index contributed by atoms with van der Waals surface area (Å²) >= 11 is 0. The lowest BCUT2D eigenvalue weighted by atomic mass is 9.95. The number of rotatable bonds is 4. The van der Waals surface area contributed by atoms with Gasteiger partial charge in [-0.15, -0.1) is 0 Å². The Labute approximate surface area is 128 Å². The third kappa shape index (κ3) is 2.50. The molecule has 0 radical (unpaired) electrons. The number of hydrogen-bond acceptors (Lipinski definition) is 6. The summed E-state index contributed by atoms with van der Waals surface area (Å²) in [6, 6.07) is 11.2. The molecular formula is C16H14N4O2. The zero-order chi connectivity index (χ0) is 16.1. The highest BCUT2D eigenvalue weighted by molar-refractivity contribution is 5.85. The normalized spacial score (nSPS) is 9.64. The molecule has 6 nitrogen and oxygen atoms in total. The SMILES string of the molecule is CCOc1ccccc1-c1c(C#N)c(N)nc(OC)c1C#N. The first-order chi connectivity index (χ1) is 10.7. The second-order valence-corrected chi connectivity index (χ2v) is 4.28. The number of nitrogen functional groups attached to an aromatic ring is 1. The van der Waals surface area contributed by atoms with E-state index in [-0.39, 0.29) is 22.8 Å². The van der Waals surface area contributed by atoms with E-state index in [0.29, 0.717) is 23.5 Å². The van der Waals surface area contributed by atoms with Gasteiger partial charge in [-0.3, -0.25) is 0 Å². The number of nitriles is 2. The van der Waals surface area contributed by atoms with Crippen LogP contribution in [-0.2, 0) is 0 Å². The molecule has 0 spiro atoms. The van der Waals surface area contributed by atoms with Crippen LogP contribution in [0.2, 0.25) is 0 Å². The predicted octanol–water partition coefficient (Wildman–Crippen LogP) is 2.48. The smallest absolute Gasteiger partial charge is 0.234 e. The maximum Gasteiger partial charge on any atom is 0.234 e. The van der Waals surface area contributed by atoms with E-state index in [9.17, 15) is 10.5 Å². The van der Waals surface area contributed by atoms with E-state index in [2.05, 4.69) is 4.98 Å². The Kier molecular flexibility index (Phi) is 4.45. The lowest BCUT2D eigenvalue weighted by Crippen LogP contribution is -2.05. The maximum atomic E-state index is 9.46. The topological polar surface area (TPSA) is 105 Å². The molecule has 0 aliphatic rings. The lowest BCUT2D eigenvalue weighted by Gasteiger charge is -2.15. The second-order valence-electron chi connectivity index (χ2n) is 4.28. The zero-order valence-corrected chi connectivity index (χ0v) is 12.3. The number of ether oxygens (including phenoxy) is 2. The summed E-state index contributed by atoms with van der Waals surface area (Å²) < 4.78 is 10.7. The highest BCUT2D eigenvalue weighted by atomic mass is 16.5. The predicted molar refractivity (Wildman–Crippen MR) is 81.2 cm³/mol. The van der Waals surface area contributed by atoms with E-state index in [1.54, 1.807) is 18.2 Å². The van der Waals surface area contributed by atoms with Crippen molar-refractivity contribution in [1.29, 1.82) is 10.5 Å². The molecule has 0 atom stereocenters. The first-order valence-corrected chi connectivity index (χ1v) is 6.57. The molecule has 0 saturated heterocycles. The van der Waals surface area contributed by atoms with Gasteiger partial charge in [0.05, 0.1) is 13.7 Å². The fourth-order valence-corrected chi connectivity index (χ4v) is 2.17. The van der Waals surface area contributed by atoms with E-state index in [1.165, 1.54) is 7.11 Å². The van der Waals surface area contributed by atoms with E-state index in [1.807, 2.05) is 25.1 Å². The number of benzene rings is 1. The Morgan fingerprint density at radius 2 is 1.86 bits per heavy atom. The molecule has 2 aromatic rings. The summed E-state index contributed by atoms with van der Waals surface area (Å²) in [6.45, 7) is 2.31. The largest absolute Gasteiger partial charge is 0.493 e. The minimum atomic E-state index is 0.0136. The molecule has 2 N–H and O–H groups in total. The fourth-order valence-electron chi connectivity index (χ4n) is 2.17. The Balaban J connectivity index is 2.88. The lowest BCUT2D eigenvalue weighted by molar-refractivity contribution is 0.341. The molecule has 6 heteroatoms. The molecular weight excluding hydrogens is 280 g/mol. The quantitative estimate of drug-likeness (QED) is 0.928. The first-order valence-electron chi connectivity index (χ1n) is 6.57. The van der Waals surface area contributed by atoms with Crippen LogP contribution in [0.1, 0.15) is 18.1 Å². The van der Waals surface area contributed by atoms with Crippen molar-refractivity contribution in [3.05, 3.63) is 35.4 Å². The van der Waals surface area contributed by atoms with Gasteiger partial charge < -0.3 is 15.2 Å². The molecule has 1 aromatic carbocycles. The molecule has 1 aromatic heterocycles. The van der Waals surface area contributed by atoms with Crippen molar-refractivity contribution < 1.29 is 9.47 Å². The number of methoxy groups -OCH3 is 1. The van der Waals surface area contributed by atoms with Gasteiger partial charge in [0, 0.05) is 11.1 Å². The second kappa shape index (κ2) is 6.47. The summed E-state index contributed by atoms with van der Waals surface area (Å²) in [5, 5.41) is 18.9. The average molecular weight is 294 g/mol. The third-order valence-electron chi connectivity index (χ3n) is 3.07. The van der Waals surface area contributed by atoms with Gasteiger partial charge in [-0.05, 0) is 13.0 Å². The molecule has 110 valence electrons. The van der Waals surface area contributed by atoms with Crippen LogP contribution in [0, 0.1) is 22.7 Å². The summed E-state index contributed by atoms with van der Waals surface area (Å²) in [6.07, 6.45) is 0. The molecule has 0 saturated carbocycles. The zero-order valence-electron chi connectivity index (χ0n) is 12.3. The average Bonchev–Trinajstić information content (AvgIpc) is 2.54. The molecule has 1 heterocycles. The summed E-state index contributed by atoms with van der Waals surface area (Å²) in [5.41, 5.74) is 7.09. The number of aromatic nitrogens is 1. The first kappa shape index (κ1) is 15.1. The van der Waals surface area contributed by atoms with Crippen LogP contribution in [0.5, 0.6) is 11.6 Å². The molecule has 0 unspecified atom stereocenters. The molecule has 0 fully saturated rings. The summed E-state index contributed by atoms with van der Waals surface area (Å²) in [5.74, 6) is 0.658. The maximum absolute atomic E-state index is 9.46. The van der Waals surface area contributed by atoms with Crippen molar-refractivity contribution in [3.63, 3.8) is 0 Å². The van der Waals surface area contributed by atoms with Gasteiger partial charge in [0.2, 0.25) is 5.88 Å². The van der Waals surface area contributed by atoms with Crippen LogP contribution in [0.3, 0.4) is 0 Å². The van der Waals surface area contributed by atoms with Crippen molar-refractivity contribution in [2.24, 2.45) is 0 Å². The number of nitrogens with zero attached hydrogens (tertiary/aromatic N) is 3. The molecule has 0 bridgehead atoms. The van der Waals surface area contributed by atoms with E-state index < -0.39 is 0 Å². The third-order valence-corrected chi connectivity index (χ3v) is 3.07. The van der Waals surface area contributed by atoms with Crippen molar-refractivity contribution in [2.75, 3.05) is 19.5 Å². The number of nitrogens with two attached hydrogens (primary N) is 1. The van der Waals surface area contributed by atoms with Gasteiger partial charge in [0.1, 0.15) is 34.8 Å². The number of hydrogen-bond donors (Lipinski definition) is 1. The van der Waals surface area contributed by atoms with Crippen molar-refractivity contribution in [2.45, 2.75) is 6.92 Å². The Bertz CT molecular complexity index is 788. The van der Waals surface area contributed by atoms with Gasteiger partial charge in [0.15, 0.2) is 0 Å². The van der Waals surface area contributed by atoms with Crippen LogP contribution in [-0.4, -0.2) is 18.7 Å². The number of para-hydroxylation sites is 1. The fraction of sp³-hybridized carbons (Fsp3) is 0.188. The van der Waals surface area contributed by atoms with Crippen LogP contribution in [0.15, 0.2) is 24.3 Å². The Morgan fingerprint density at radius 1 is 1.18 bits per heavy atom. The van der Waals surface area contributed by atoms with Crippen molar-refractivity contribution >= 4 is 5.82 Å². The van der Waals surface area contributed by atoms with E-state index in [4.69, 9.17) is 15.2 Å². The van der Waals surface area contributed by atoms with Crippen LogP contribution < -0.4 is 15.2 Å². The minimum Gasteiger partial charge on any atom is -0.493 e. The Hall–Kier alpha value is -3.25. The van der Waals surface area contributed by atoms with Crippen LogP contribution in [0.4, 0.5) is 5.82 Å². The van der Waals surface area contributed by atoms with Gasteiger partial charge in [0.25, 0.3) is 0 Å². The van der Waals surface area contributed by atoms with Crippen LogP contribution in [0.25, 0.3) is 11.1 Å². The minimum absolute atomic E-state index is 0.0136. The van der Waals surface area contributed by atoms with Gasteiger partial charge >= 0.3 is 0 Å². The highest BCUT2D eigenvalue weighted by Gasteiger charge is 2.22. The van der Waals surface area contributed by atoms with Gasteiger partial charge in [-0.2, -0.15) is 15.5 Å². The standard InChI is InChI=1S/C16H14N4O2/c1-3-22-13-7-5-4-6-10(13)14-11(8-17)15(19)20-16(21-2)12(14)9-18/h4-7H,3H2,1-2H3,(H2,19,20). The molecule has 2 rings (SSSR count). The number of anilines is 1. The highest BCUT2D eigenvalue weighted by Crippen LogP contribution is 2.39. The summed E-state index contributed by atoms with van der Waals surface area (Å²) in [4.78, 5) is 3.96. The van der Waals surface area contributed by atoms with Gasteiger partial charge in [-0.25, -0.2) is 0 Å². The van der Waals surface area contributed by atoms with E-state index >= 15 is 0 Å². The summed E-state index contributed by atoms with van der Waals surface area (Å²) in [7, 11) is 1.40. The van der Waals surface area contributed by atoms with Crippen molar-refractivity contribution in [1.82, 2.24) is 4.98 Å². The van der Waals surface area contributed by atoms with E-state index in [0.717, 1.165) is 0 Å². The Morgan fingerprint density at radius 3 is 2.45 bits per heavy atom. The molecule has 22 heavy (non-hydrogen) atoms.